The van der Waals surface area contributed by atoms with E-state index in [1.165, 1.54) is 23.5 Å². The highest BCUT2D eigenvalue weighted by molar-refractivity contribution is 7.13. The van der Waals surface area contributed by atoms with Crippen molar-refractivity contribution in [2.75, 3.05) is 0 Å². The van der Waals surface area contributed by atoms with Crippen molar-refractivity contribution >= 4 is 17.2 Å². The molecule has 1 aromatic carbocycles. The molecule has 116 valence electrons. The Hall–Kier alpha value is -2.60. The van der Waals surface area contributed by atoms with E-state index in [4.69, 9.17) is 0 Å². The molecule has 6 heteroatoms. The lowest BCUT2D eigenvalue weighted by molar-refractivity contribution is -0.120. The number of carbonyl (C=O) groups is 1. The average molecular weight is 327 g/mol. The van der Waals surface area contributed by atoms with Crippen LogP contribution in [0.1, 0.15) is 11.4 Å². The van der Waals surface area contributed by atoms with E-state index < -0.39 is 0 Å². The lowest BCUT2D eigenvalue weighted by Gasteiger charge is -2.03. The van der Waals surface area contributed by atoms with Crippen LogP contribution in [0, 0.1) is 5.82 Å². The van der Waals surface area contributed by atoms with Gasteiger partial charge in [-0.1, -0.05) is 18.2 Å². The molecule has 3 rings (SSSR count). The van der Waals surface area contributed by atoms with Crippen LogP contribution in [-0.2, 0) is 17.8 Å². The number of nitrogens with one attached hydrogen (secondary N) is 1. The zero-order valence-electron chi connectivity index (χ0n) is 12.2. The second kappa shape index (κ2) is 7.11. The largest absolute Gasteiger partial charge is 0.350 e. The van der Waals surface area contributed by atoms with Crippen LogP contribution in [0.4, 0.5) is 4.39 Å². The predicted molar refractivity (Wildman–Crippen MR) is 87.3 cm³/mol. The molecule has 0 spiro atoms. The first-order valence-corrected chi connectivity index (χ1v) is 7.95. The maximum atomic E-state index is 13.2. The molecular weight excluding hydrogens is 313 g/mol. The Morgan fingerprint density at radius 1 is 1.17 bits per heavy atom. The number of rotatable bonds is 5. The van der Waals surface area contributed by atoms with Crippen molar-refractivity contribution in [3.05, 3.63) is 71.2 Å². The van der Waals surface area contributed by atoms with Crippen molar-refractivity contribution < 1.29 is 9.18 Å². The molecule has 0 fully saturated rings. The highest BCUT2D eigenvalue weighted by Gasteiger charge is 2.09. The van der Waals surface area contributed by atoms with Crippen molar-refractivity contribution in [1.82, 2.24) is 15.3 Å². The molecule has 0 unspecified atom stereocenters. The highest BCUT2D eigenvalue weighted by Crippen LogP contribution is 2.24. The van der Waals surface area contributed by atoms with Crippen LogP contribution in [0.25, 0.3) is 10.6 Å². The number of hydrogen-bond donors (Lipinski definition) is 1. The maximum absolute atomic E-state index is 13.2. The lowest BCUT2D eigenvalue weighted by Crippen LogP contribution is -2.25. The zero-order chi connectivity index (χ0) is 16.1. The van der Waals surface area contributed by atoms with Gasteiger partial charge in [0.2, 0.25) is 5.91 Å². The summed E-state index contributed by atoms with van der Waals surface area (Å²) in [4.78, 5) is 20.5. The molecule has 0 bridgehead atoms. The SMILES string of the molecule is O=C(Cc1csc(-c2cccc(F)c2)n1)NCc1ccccn1. The van der Waals surface area contributed by atoms with Gasteiger partial charge in [0.25, 0.3) is 0 Å². The van der Waals surface area contributed by atoms with Crippen LogP contribution in [0.2, 0.25) is 0 Å². The molecule has 1 amide bonds. The molecule has 0 atom stereocenters. The van der Waals surface area contributed by atoms with E-state index in [2.05, 4.69) is 15.3 Å². The molecule has 0 aliphatic carbocycles. The highest BCUT2D eigenvalue weighted by atomic mass is 32.1. The Labute approximate surface area is 137 Å². The van der Waals surface area contributed by atoms with Gasteiger partial charge in [0.1, 0.15) is 10.8 Å². The summed E-state index contributed by atoms with van der Waals surface area (Å²) in [6.45, 7) is 0.389. The van der Waals surface area contributed by atoms with Crippen molar-refractivity contribution in [3.63, 3.8) is 0 Å². The van der Waals surface area contributed by atoms with Gasteiger partial charge < -0.3 is 5.32 Å². The van der Waals surface area contributed by atoms with Crippen LogP contribution >= 0.6 is 11.3 Å². The van der Waals surface area contributed by atoms with E-state index in [1.807, 2.05) is 23.6 Å². The van der Waals surface area contributed by atoms with Gasteiger partial charge in [0.05, 0.1) is 24.4 Å². The minimum absolute atomic E-state index is 0.119. The molecule has 0 aliphatic rings. The maximum Gasteiger partial charge on any atom is 0.226 e. The first-order chi connectivity index (χ1) is 11.2. The van der Waals surface area contributed by atoms with Gasteiger partial charge in [0.15, 0.2) is 0 Å². The van der Waals surface area contributed by atoms with E-state index in [0.717, 1.165) is 11.3 Å². The number of thiazole rings is 1. The first kappa shape index (κ1) is 15.3. The monoisotopic (exact) mass is 327 g/mol. The van der Waals surface area contributed by atoms with Gasteiger partial charge in [-0.25, -0.2) is 9.37 Å². The molecule has 1 N–H and O–H groups in total. The number of pyridine rings is 1. The Balaban J connectivity index is 1.59. The summed E-state index contributed by atoms with van der Waals surface area (Å²) < 4.78 is 13.2. The molecular formula is C17H14FN3OS. The smallest absolute Gasteiger partial charge is 0.226 e. The molecule has 2 heterocycles. The number of carbonyl (C=O) groups excluding carboxylic acids is 1. The Morgan fingerprint density at radius 3 is 2.87 bits per heavy atom. The Bertz CT molecular complexity index is 804. The molecule has 2 aromatic heterocycles. The normalized spacial score (nSPS) is 10.5. The summed E-state index contributed by atoms with van der Waals surface area (Å²) in [6, 6.07) is 11.8. The minimum Gasteiger partial charge on any atom is -0.350 e. The quantitative estimate of drug-likeness (QED) is 0.783. The second-order valence-corrected chi connectivity index (χ2v) is 5.79. The number of aromatic nitrogens is 2. The van der Waals surface area contributed by atoms with Crippen LogP contribution in [0.15, 0.2) is 54.0 Å². The zero-order valence-corrected chi connectivity index (χ0v) is 13.0. The van der Waals surface area contributed by atoms with Crippen molar-refractivity contribution in [3.8, 4) is 10.6 Å². The summed E-state index contributed by atoms with van der Waals surface area (Å²) in [5.74, 6) is -0.418. The Kier molecular flexibility index (Phi) is 4.73. The van der Waals surface area contributed by atoms with E-state index >= 15 is 0 Å². The Morgan fingerprint density at radius 2 is 2.09 bits per heavy atom. The molecule has 0 aliphatic heterocycles. The topological polar surface area (TPSA) is 54.9 Å². The fourth-order valence-electron chi connectivity index (χ4n) is 2.06. The fourth-order valence-corrected chi connectivity index (χ4v) is 2.88. The molecule has 23 heavy (non-hydrogen) atoms. The number of amides is 1. The standard InChI is InChI=1S/C17H14FN3OS/c18-13-5-3-4-12(8-13)17-21-15(11-23-17)9-16(22)20-10-14-6-1-2-7-19-14/h1-8,11H,9-10H2,(H,20,22). The van der Waals surface area contributed by atoms with E-state index in [9.17, 15) is 9.18 Å². The van der Waals surface area contributed by atoms with Gasteiger partial charge in [-0.05, 0) is 24.3 Å². The van der Waals surface area contributed by atoms with Crippen LogP contribution in [0.3, 0.4) is 0 Å². The molecule has 0 radical (unpaired) electrons. The second-order valence-electron chi connectivity index (χ2n) is 4.93. The first-order valence-electron chi connectivity index (χ1n) is 7.07. The predicted octanol–water partition coefficient (Wildman–Crippen LogP) is 3.20. The summed E-state index contributed by atoms with van der Waals surface area (Å²) in [5.41, 5.74) is 2.20. The molecule has 0 saturated carbocycles. The third-order valence-corrected chi connectivity index (χ3v) is 4.10. The third kappa shape index (κ3) is 4.20. The van der Waals surface area contributed by atoms with E-state index in [-0.39, 0.29) is 18.1 Å². The molecule has 3 aromatic rings. The lowest BCUT2D eigenvalue weighted by atomic mass is 10.2. The van der Waals surface area contributed by atoms with Crippen LogP contribution < -0.4 is 5.32 Å². The number of benzene rings is 1. The van der Waals surface area contributed by atoms with Gasteiger partial charge in [-0.3, -0.25) is 9.78 Å². The van der Waals surface area contributed by atoms with Crippen LogP contribution in [0.5, 0.6) is 0 Å². The van der Waals surface area contributed by atoms with Gasteiger partial charge >= 0.3 is 0 Å². The van der Waals surface area contributed by atoms with Crippen LogP contribution in [-0.4, -0.2) is 15.9 Å². The molecule has 0 saturated heterocycles. The summed E-state index contributed by atoms with van der Waals surface area (Å²) >= 11 is 1.40. The van der Waals surface area contributed by atoms with Gasteiger partial charge in [0, 0.05) is 17.1 Å². The number of nitrogens with zero attached hydrogens (tertiary/aromatic N) is 2. The number of halogens is 1. The average Bonchev–Trinajstić information content (AvgIpc) is 3.02. The van der Waals surface area contributed by atoms with E-state index in [1.54, 1.807) is 18.3 Å². The van der Waals surface area contributed by atoms with Gasteiger partial charge in [-0.2, -0.15) is 0 Å². The van der Waals surface area contributed by atoms with Crippen molar-refractivity contribution in [2.24, 2.45) is 0 Å². The minimum atomic E-state index is -0.299. The summed E-state index contributed by atoms with van der Waals surface area (Å²) in [7, 11) is 0. The van der Waals surface area contributed by atoms with E-state index in [0.29, 0.717) is 17.2 Å². The fraction of sp³-hybridized carbons (Fsp3) is 0.118. The summed E-state index contributed by atoms with van der Waals surface area (Å²) in [6.07, 6.45) is 1.88. The van der Waals surface area contributed by atoms with Crippen molar-refractivity contribution in [2.45, 2.75) is 13.0 Å². The molecule has 4 nitrogen and oxygen atoms in total. The number of hydrogen-bond acceptors (Lipinski definition) is 4. The van der Waals surface area contributed by atoms with Gasteiger partial charge in [-0.15, -0.1) is 11.3 Å². The summed E-state index contributed by atoms with van der Waals surface area (Å²) in [5, 5.41) is 5.33. The third-order valence-electron chi connectivity index (χ3n) is 3.16. The van der Waals surface area contributed by atoms with Crippen molar-refractivity contribution in [1.29, 1.82) is 0 Å².